The Morgan fingerprint density at radius 1 is 1.23 bits per heavy atom. The molecule has 26 heavy (non-hydrogen) atoms. The van der Waals surface area contributed by atoms with Gasteiger partial charge in [0.2, 0.25) is 0 Å². The van der Waals surface area contributed by atoms with Crippen molar-refractivity contribution < 1.29 is 28.5 Å². The summed E-state index contributed by atoms with van der Waals surface area (Å²) in [5.74, 6) is 0.493. The van der Waals surface area contributed by atoms with Crippen LogP contribution in [0.1, 0.15) is 18.1 Å². The van der Waals surface area contributed by atoms with Crippen molar-refractivity contribution in [2.75, 3.05) is 34.0 Å². The summed E-state index contributed by atoms with van der Waals surface area (Å²) in [7, 11) is 3.17. The number of hydrogen-bond donors (Lipinski definition) is 0. The lowest BCUT2D eigenvalue weighted by atomic mass is 9.99. The lowest BCUT2D eigenvalue weighted by molar-refractivity contribution is -0.160. The Bertz CT molecular complexity index is 672. The van der Waals surface area contributed by atoms with Crippen molar-refractivity contribution in [2.45, 2.75) is 26.0 Å². The summed E-state index contributed by atoms with van der Waals surface area (Å²) >= 11 is 0. The maximum Gasteiger partial charge on any atom is 0.335 e. The second kappa shape index (κ2) is 9.24. The van der Waals surface area contributed by atoms with Crippen molar-refractivity contribution in [1.29, 1.82) is 0 Å². The summed E-state index contributed by atoms with van der Waals surface area (Å²) in [6.07, 6.45) is 1.51. The normalized spacial score (nSPS) is 14.2. The summed E-state index contributed by atoms with van der Waals surface area (Å²) in [4.78, 5) is 25.8. The molecule has 1 aliphatic rings. The van der Waals surface area contributed by atoms with Crippen LogP contribution in [0, 0.1) is 0 Å². The third-order valence-corrected chi connectivity index (χ3v) is 4.20. The number of amides is 1. The van der Waals surface area contributed by atoms with Crippen molar-refractivity contribution in [3.05, 3.63) is 35.9 Å². The van der Waals surface area contributed by atoms with E-state index in [-0.39, 0.29) is 19.1 Å². The molecule has 2 rings (SSSR count). The van der Waals surface area contributed by atoms with E-state index in [1.54, 1.807) is 32.1 Å². The summed E-state index contributed by atoms with van der Waals surface area (Å²) in [6.45, 7) is 6.03. The summed E-state index contributed by atoms with van der Waals surface area (Å²) in [5.41, 5.74) is 2.12. The Labute approximate surface area is 153 Å². The zero-order valence-corrected chi connectivity index (χ0v) is 15.4. The van der Waals surface area contributed by atoms with Crippen molar-refractivity contribution in [2.24, 2.45) is 0 Å². The molecular weight excluding hydrogens is 338 g/mol. The minimum Gasteiger partial charge on any atom is -0.493 e. The van der Waals surface area contributed by atoms with Gasteiger partial charge in [0.15, 0.2) is 24.2 Å². The number of carbonyl (C=O) groups excluding carboxylic acids is 2. The minimum atomic E-state index is -0.736. The van der Waals surface area contributed by atoms with Crippen LogP contribution in [-0.4, -0.2) is 56.9 Å². The van der Waals surface area contributed by atoms with Gasteiger partial charge in [-0.25, -0.2) is 4.79 Å². The van der Waals surface area contributed by atoms with Crippen molar-refractivity contribution in [3.63, 3.8) is 0 Å². The van der Waals surface area contributed by atoms with Crippen LogP contribution in [0.4, 0.5) is 0 Å². The molecule has 7 heteroatoms. The standard InChI is InChI=1S/C19H25NO6/c1-5-8-25-13(2)19(22)26-12-18(21)20-7-6-14-9-16(23-3)17(24-4)10-15(14)11-20/h5,9-10,13H,1,6-8,11-12H2,2-4H3. The SMILES string of the molecule is C=CCOC(C)C(=O)OCC(=O)N1CCc2cc(OC)c(OC)cc2C1. The van der Waals surface area contributed by atoms with E-state index >= 15 is 0 Å². The average molecular weight is 363 g/mol. The van der Waals surface area contributed by atoms with Crippen LogP contribution in [0.15, 0.2) is 24.8 Å². The maximum atomic E-state index is 12.4. The van der Waals surface area contributed by atoms with Crippen LogP contribution in [0.3, 0.4) is 0 Å². The fourth-order valence-electron chi connectivity index (χ4n) is 2.72. The summed E-state index contributed by atoms with van der Waals surface area (Å²) in [6, 6.07) is 3.82. The van der Waals surface area contributed by atoms with Crippen LogP contribution in [0.2, 0.25) is 0 Å². The quantitative estimate of drug-likeness (QED) is 0.517. The Balaban J connectivity index is 1.94. The van der Waals surface area contributed by atoms with Gasteiger partial charge in [0.05, 0.1) is 20.8 Å². The number of esters is 1. The molecule has 7 nitrogen and oxygen atoms in total. The first kappa shape index (κ1) is 19.8. The third kappa shape index (κ3) is 4.76. The molecular formula is C19H25NO6. The molecule has 0 N–H and O–H groups in total. The van der Waals surface area contributed by atoms with Crippen LogP contribution in [-0.2, 0) is 32.0 Å². The van der Waals surface area contributed by atoms with Crippen LogP contribution in [0.25, 0.3) is 0 Å². The molecule has 1 aliphatic heterocycles. The number of carbonyl (C=O) groups is 2. The van der Waals surface area contributed by atoms with Crippen molar-refractivity contribution in [1.82, 2.24) is 4.90 Å². The summed E-state index contributed by atoms with van der Waals surface area (Å²) in [5, 5.41) is 0. The molecule has 1 unspecified atom stereocenters. The highest BCUT2D eigenvalue weighted by Gasteiger charge is 2.24. The molecule has 1 heterocycles. The van der Waals surface area contributed by atoms with Gasteiger partial charge in [-0.3, -0.25) is 4.79 Å². The number of methoxy groups -OCH3 is 2. The van der Waals surface area contributed by atoms with Gasteiger partial charge in [-0.15, -0.1) is 6.58 Å². The lowest BCUT2D eigenvalue weighted by Crippen LogP contribution is -2.39. The van der Waals surface area contributed by atoms with Gasteiger partial charge in [0, 0.05) is 13.1 Å². The van der Waals surface area contributed by atoms with E-state index in [9.17, 15) is 9.59 Å². The van der Waals surface area contributed by atoms with E-state index < -0.39 is 12.1 Å². The topological polar surface area (TPSA) is 74.3 Å². The Kier molecular flexibility index (Phi) is 7.03. The van der Waals surface area contributed by atoms with E-state index in [0.29, 0.717) is 31.0 Å². The molecule has 0 aliphatic carbocycles. The zero-order chi connectivity index (χ0) is 19.1. The van der Waals surface area contributed by atoms with E-state index in [2.05, 4.69) is 6.58 Å². The Hall–Kier alpha value is -2.54. The molecule has 0 saturated heterocycles. The molecule has 0 aromatic heterocycles. The van der Waals surface area contributed by atoms with E-state index in [4.69, 9.17) is 18.9 Å². The average Bonchev–Trinajstić information content (AvgIpc) is 2.68. The summed E-state index contributed by atoms with van der Waals surface area (Å²) < 4.78 is 20.9. The van der Waals surface area contributed by atoms with Gasteiger partial charge < -0.3 is 23.8 Å². The Morgan fingerprint density at radius 3 is 2.50 bits per heavy atom. The minimum absolute atomic E-state index is 0.241. The number of rotatable bonds is 8. The number of ether oxygens (including phenoxy) is 4. The van der Waals surface area contributed by atoms with E-state index in [1.807, 2.05) is 12.1 Å². The number of benzene rings is 1. The molecule has 1 amide bonds. The van der Waals surface area contributed by atoms with Gasteiger partial charge in [-0.2, -0.15) is 0 Å². The van der Waals surface area contributed by atoms with Gasteiger partial charge in [0.25, 0.3) is 5.91 Å². The molecule has 0 spiro atoms. The highest BCUT2D eigenvalue weighted by Crippen LogP contribution is 2.33. The first-order chi connectivity index (χ1) is 12.5. The molecule has 0 bridgehead atoms. The lowest BCUT2D eigenvalue weighted by Gasteiger charge is -2.29. The fourth-order valence-corrected chi connectivity index (χ4v) is 2.72. The Morgan fingerprint density at radius 2 is 1.88 bits per heavy atom. The second-order valence-electron chi connectivity index (χ2n) is 5.91. The third-order valence-electron chi connectivity index (χ3n) is 4.20. The molecule has 0 radical (unpaired) electrons. The van der Waals surface area contributed by atoms with Gasteiger partial charge >= 0.3 is 5.97 Å². The van der Waals surface area contributed by atoms with Gasteiger partial charge in [-0.05, 0) is 36.6 Å². The molecule has 1 aromatic carbocycles. The number of fused-ring (bicyclic) bond motifs is 1. The molecule has 1 aromatic rings. The van der Waals surface area contributed by atoms with E-state index in [1.165, 1.54) is 0 Å². The maximum absolute atomic E-state index is 12.4. The zero-order valence-electron chi connectivity index (χ0n) is 15.4. The first-order valence-corrected chi connectivity index (χ1v) is 8.40. The van der Waals surface area contributed by atoms with Gasteiger partial charge in [-0.1, -0.05) is 6.08 Å². The second-order valence-corrected chi connectivity index (χ2v) is 5.91. The van der Waals surface area contributed by atoms with Crippen LogP contribution >= 0.6 is 0 Å². The number of nitrogens with zero attached hydrogens (tertiary/aromatic N) is 1. The largest absolute Gasteiger partial charge is 0.493 e. The highest BCUT2D eigenvalue weighted by atomic mass is 16.6. The smallest absolute Gasteiger partial charge is 0.335 e. The van der Waals surface area contributed by atoms with Crippen LogP contribution < -0.4 is 9.47 Å². The predicted molar refractivity (Wildman–Crippen MR) is 95.2 cm³/mol. The first-order valence-electron chi connectivity index (χ1n) is 8.40. The van der Waals surface area contributed by atoms with Crippen LogP contribution in [0.5, 0.6) is 11.5 Å². The highest BCUT2D eigenvalue weighted by molar-refractivity contribution is 5.82. The van der Waals surface area contributed by atoms with Crippen molar-refractivity contribution in [3.8, 4) is 11.5 Å². The number of hydrogen-bond acceptors (Lipinski definition) is 6. The monoisotopic (exact) mass is 363 g/mol. The molecule has 0 saturated carbocycles. The van der Waals surface area contributed by atoms with Crippen molar-refractivity contribution >= 4 is 11.9 Å². The molecule has 1 atom stereocenters. The van der Waals surface area contributed by atoms with Gasteiger partial charge in [0.1, 0.15) is 0 Å². The molecule has 142 valence electrons. The fraction of sp³-hybridized carbons (Fsp3) is 0.474. The predicted octanol–water partition coefficient (Wildman–Crippen LogP) is 1.72. The van der Waals surface area contributed by atoms with E-state index in [0.717, 1.165) is 11.1 Å². The molecule has 0 fully saturated rings.